The largest absolute Gasteiger partial charge is 0.394 e. The molecule has 0 aromatic carbocycles. The Bertz CT molecular complexity index is 916. The first-order chi connectivity index (χ1) is 21.2. The molecule has 0 aliphatic carbocycles. The van der Waals surface area contributed by atoms with Gasteiger partial charge in [-0.3, -0.25) is 0 Å². The first kappa shape index (κ1) is 37.0. The van der Waals surface area contributed by atoms with Crippen LogP contribution >= 0.6 is 0 Å². The van der Waals surface area contributed by atoms with E-state index in [9.17, 15) is 66.4 Å². The third-order valence-corrected chi connectivity index (χ3v) is 8.43. The highest BCUT2D eigenvalue weighted by Crippen LogP contribution is 2.31. The zero-order valence-corrected chi connectivity index (χ0v) is 24.0. The van der Waals surface area contributed by atoms with Gasteiger partial charge in [-0.05, 0) is 6.92 Å². The number of ether oxygens (including phenoxy) is 7. The monoisotopic (exact) mass is 664 g/mol. The molecular weight excluding hydrogens is 620 g/mol. The van der Waals surface area contributed by atoms with Crippen LogP contribution in [0.5, 0.6) is 0 Å². The molecule has 4 fully saturated rings. The number of hydrogen-bond donors (Lipinski definition) is 13. The first-order valence-electron chi connectivity index (χ1n) is 14.4. The highest BCUT2D eigenvalue weighted by molar-refractivity contribution is 4.95. The second kappa shape index (κ2) is 15.6. The Morgan fingerprint density at radius 1 is 0.422 bits per heavy atom. The van der Waals surface area contributed by atoms with Crippen LogP contribution in [-0.4, -0.2) is 215 Å². The number of aliphatic hydroxyl groups is 13. The van der Waals surface area contributed by atoms with Crippen molar-refractivity contribution in [2.45, 2.75) is 130 Å². The summed E-state index contributed by atoms with van der Waals surface area (Å²) in [5, 5.41) is 132. The third kappa shape index (κ3) is 7.76. The number of hydrogen-bond acceptors (Lipinski definition) is 20. The van der Waals surface area contributed by atoms with Crippen LogP contribution in [0.2, 0.25) is 0 Å². The molecular formula is C25H44O20. The molecule has 0 spiro atoms. The SMILES string of the molecule is C[C@H]1OC(CO[C@H]2OC(CO[C@H]3OC(CO)[C@@H](O)C(O)[C@H]3O[C@H]3OC(CO)[C@@H](O)C(O)[C@H]3O)[C@@H](O)C(O)[C@H]2O)[C@@H](O)C(O)C1O. The fraction of sp³-hybridized carbons (Fsp3) is 1.00. The summed E-state index contributed by atoms with van der Waals surface area (Å²) in [5.74, 6) is 0. The number of aliphatic hydroxyl groups excluding tert-OH is 13. The maximum Gasteiger partial charge on any atom is 0.187 e. The van der Waals surface area contributed by atoms with Crippen molar-refractivity contribution in [2.24, 2.45) is 0 Å². The van der Waals surface area contributed by atoms with E-state index in [1.165, 1.54) is 6.92 Å². The number of rotatable bonds is 10. The molecule has 0 radical (unpaired) electrons. The molecule has 264 valence electrons. The zero-order chi connectivity index (χ0) is 33.3. The lowest BCUT2D eigenvalue weighted by Crippen LogP contribution is -2.65. The summed E-state index contributed by atoms with van der Waals surface area (Å²) in [6.45, 7) is -1.30. The minimum Gasteiger partial charge on any atom is -0.394 e. The average molecular weight is 665 g/mol. The summed E-state index contributed by atoms with van der Waals surface area (Å²) < 4.78 is 38.4. The Morgan fingerprint density at radius 2 is 0.822 bits per heavy atom. The van der Waals surface area contributed by atoms with Gasteiger partial charge in [0.2, 0.25) is 0 Å². The quantitative estimate of drug-likeness (QED) is 0.103. The van der Waals surface area contributed by atoms with E-state index in [-0.39, 0.29) is 0 Å². The standard InChI is InChI=1S/C25H44O20/c1-6-11(28)16(33)14(31)9(41-6)4-39-23-20(37)18(35)15(32)10(44-23)5-40-25-22(19(36)13(30)8(3-27)43-25)45-24-21(38)17(34)12(29)7(2-26)42-24/h6-38H,2-5H2,1H3/t6-,7?,8?,9?,10?,11?,12-,13-,14-,15-,16?,17?,18?,19?,20-,21-,22-,23+,24-,25+/m1/s1. The zero-order valence-electron chi connectivity index (χ0n) is 24.0. The molecule has 13 N–H and O–H groups in total. The molecule has 20 nitrogen and oxygen atoms in total. The Hall–Kier alpha value is -0.800. The maximum absolute atomic E-state index is 10.8. The minimum atomic E-state index is -1.90. The van der Waals surface area contributed by atoms with Crippen LogP contribution in [-0.2, 0) is 33.2 Å². The van der Waals surface area contributed by atoms with E-state index in [1.54, 1.807) is 0 Å². The van der Waals surface area contributed by atoms with Gasteiger partial charge in [0.1, 0.15) is 97.7 Å². The second-order valence-corrected chi connectivity index (χ2v) is 11.5. The predicted molar refractivity (Wildman–Crippen MR) is 137 cm³/mol. The molecule has 20 atom stereocenters. The van der Waals surface area contributed by atoms with Crippen molar-refractivity contribution in [3.8, 4) is 0 Å². The van der Waals surface area contributed by atoms with Crippen LogP contribution in [0.25, 0.3) is 0 Å². The molecule has 20 heteroatoms. The van der Waals surface area contributed by atoms with Crippen molar-refractivity contribution in [1.29, 1.82) is 0 Å². The van der Waals surface area contributed by atoms with Gasteiger partial charge in [-0.1, -0.05) is 0 Å². The van der Waals surface area contributed by atoms with E-state index < -0.39 is 149 Å². The summed E-state index contributed by atoms with van der Waals surface area (Å²) in [4.78, 5) is 0. The Morgan fingerprint density at radius 3 is 1.38 bits per heavy atom. The highest BCUT2D eigenvalue weighted by atomic mass is 16.8. The highest BCUT2D eigenvalue weighted by Gasteiger charge is 2.52. The van der Waals surface area contributed by atoms with Crippen molar-refractivity contribution in [3.63, 3.8) is 0 Å². The summed E-state index contributed by atoms with van der Waals surface area (Å²) in [5.41, 5.74) is 0. The fourth-order valence-corrected chi connectivity index (χ4v) is 5.52. The van der Waals surface area contributed by atoms with Crippen molar-refractivity contribution in [1.82, 2.24) is 0 Å². The molecule has 0 saturated carbocycles. The smallest absolute Gasteiger partial charge is 0.187 e. The molecule has 0 bridgehead atoms. The third-order valence-electron chi connectivity index (χ3n) is 8.43. The lowest BCUT2D eigenvalue weighted by atomic mass is 9.96. The predicted octanol–water partition coefficient (Wildman–Crippen LogP) is -8.68. The maximum atomic E-state index is 10.8. The van der Waals surface area contributed by atoms with E-state index in [4.69, 9.17) is 33.2 Å². The van der Waals surface area contributed by atoms with Crippen molar-refractivity contribution < 1.29 is 99.5 Å². The molecule has 45 heavy (non-hydrogen) atoms. The minimum absolute atomic E-state index is 0.490. The van der Waals surface area contributed by atoms with E-state index in [0.717, 1.165) is 0 Å². The fourth-order valence-electron chi connectivity index (χ4n) is 5.52. The molecule has 4 aliphatic rings. The van der Waals surface area contributed by atoms with Crippen LogP contribution in [0.4, 0.5) is 0 Å². The Labute approximate surface area is 256 Å². The van der Waals surface area contributed by atoms with Gasteiger partial charge in [0.05, 0.1) is 32.5 Å². The van der Waals surface area contributed by atoms with Gasteiger partial charge in [0.25, 0.3) is 0 Å². The summed E-state index contributed by atoms with van der Waals surface area (Å²) in [7, 11) is 0. The molecule has 0 aromatic heterocycles. The van der Waals surface area contributed by atoms with Crippen LogP contribution in [0.1, 0.15) is 6.92 Å². The van der Waals surface area contributed by atoms with Gasteiger partial charge in [0.15, 0.2) is 18.9 Å². The van der Waals surface area contributed by atoms with Gasteiger partial charge in [0, 0.05) is 0 Å². The van der Waals surface area contributed by atoms with Crippen LogP contribution in [0.3, 0.4) is 0 Å². The Balaban J connectivity index is 1.43. The van der Waals surface area contributed by atoms with Gasteiger partial charge in [-0.2, -0.15) is 0 Å². The second-order valence-electron chi connectivity index (χ2n) is 11.5. The molecule has 9 unspecified atom stereocenters. The van der Waals surface area contributed by atoms with Crippen LogP contribution < -0.4 is 0 Å². The lowest BCUT2D eigenvalue weighted by Gasteiger charge is -2.46. The molecule has 0 aromatic rings. The van der Waals surface area contributed by atoms with E-state index in [2.05, 4.69) is 0 Å². The summed E-state index contributed by atoms with van der Waals surface area (Å²) in [6, 6.07) is 0. The van der Waals surface area contributed by atoms with Gasteiger partial charge in [-0.25, -0.2) is 0 Å². The van der Waals surface area contributed by atoms with Crippen molar-refractivity contribution >= 4 is 0 Å². The van der Waals surface area contributed by atoms with E-state index >= 15 is 0 Å². The van der Waals surface area contributed by atoms with E-state index in [1.807, 2.05) is 0 Å². The lowest BCUT2D eigenvalue weighted by molar-refractivity contribution is -0.373. The summed E-state index contributed by atoms with van der Waals surface area (Å²) >= 11 is 0. The van der Waals surface area contributed by atoms with Crippen molar-refractivity contribution in [2.75, 3.05) is 26.4 Å². The van der Waals surface area contributed by atoms with E-state index in [0.29, 0.717) is 0 Å². The molecule has 4 rings (SSSR count). The average Bonchev–Trinajstić information content (AvgIpc) is 3.03. The van der Waals surface area contributed by atoms with Gasteiger partial charge < -0.3 is 99.5 Å². The molecule has 4 aliphatic heterocycles. The molecule has 4 saturated heterocycles. The first-order valence-corrected chi connectivity index (χ1v) is 14.4. The van der Waals surface area contributed by atoms with Crippen LogP contribution in [0.15, 0.2) is 0 Å². The normalized spacial score (nSPS) is 52.9. The van der Waals surface area contributed by atoms with Gasteiger partial charge in [-0.15, -0.1) is 0 Å². The van der Waals surface area contributed by atoms with Gasteiger partial charge >= 0.3 is 0 Å². The van der Waals surface area contributed by atoms with Crippen molar-refractivity contribution in [3.05, 3.63) is 0 Å². The van der Waals surface area contributed by atoms with Crippen LogP contribution in [0, 0.1) is 0 Å². The molecule has 4 heterocycles. The summed E-state index contributed by atoms with van der Waals surface area (Å²) in [6.07, 6.45) is -32.2. The topological polar surface area (TPSA) is 328 Å². The Kier molecular flexibility index (Phi) is 12.8. The molecule has 0 amide bonds.